The summed E-state index contributed by atoms with van der Waals surface area (Å²) in [6.07, 6.45) is 5.95. The summed E-state index contributed by atoms with van der Waals surface area (Å²) in [5.74, 6) is -0.168. The van der Waals surface area contributed by atoms with Gasteiger partial charge in [-0.2, -0.15) is 0 Å². The van der Waals surface area contributed by atoms with Gasteiger partial charge in [0.25, 0.3) is 5.91 Å². The number of carbonyl (C=O) groups is 4. The van der Waals surface area contributed by atoms with Crippen molar-refractivity contribution in [2.24, 2.45) is 22.4 Å². The smallest absolute Gasteiger partial charge is 0.257 e. The van der Waals surface area contributed by atoms with Gasteiger partial charge < -0.3 is 27.4 Å². The van der Waals surface area contributed by atoms with E-state index in [0.29, 0.717) is 54.5 Å². The number of hydrogen-bond acceptors (Lipinski definition) is 6. The number of para-hydroxylation sites is 3. The average molecular weight is 605 g/mol. The van der Waals surface area contributed by atoms with Gasteiger partial charge in [0, 0.05) is 20.0 Å². The van der Waals surface area contributed by atoms with Crippen LogP contribution in [-0.2, 0) is 14.4 Å². The zero-order chi connectivity index (χ0) is 31.5. The lowest BCUT2D eigenvalue weighted by Crippen LogP contribution is -2.46. The molecule has 1 saturated heterocycles. The molecule has 2 heterocycles. The average Bonchev–Trinajstić information content (AvgIpc) is 3.12. The number of rotatable bonds is 13. The van der Waals surface area contributed by atoms with Crippen molar-refractivity contribution in [1.29, 1.82) is 0 Å². The van der Waals surface area contributed by atoms with Gasteiger partial charge in [-0.1, -0.05) is 37.1 Å². The number of nitrogens with two attached hydrogens (primary N) is 2. The number of guanidine groups is 1. The van der Waals surface area contributed by atoms with Crippen LogP contribution in [-0.4, -0.2) is 73.3 Å². The van der Waals surface area contributed by atoms with Crippen molar-refractivity contribution in [2.45, 2.75) is 57.9 Å². The van der Waals surface area contributed by atoms with Gasteiger partial charge in [0.15, 0.2) is 5.96 Å². The molecule has 0 unspecified atom stereocenters. The number of likely N-dealkylation sites (tertiary alicyclic amines) is 1. The summed E-state index contributed by atoms with van der Waals surface area (Å²) in [6.45, 7) is 4.28. The number of aliphatic imine (C=N–C) groups is 1. The molecular weight excluding hydrogens is 560 g/mol. The van der Waals surface area contributed by atoms with E-state index in [1.807, 2.05) is 36.4 Å². The third-order valence-corrected chi connectivity index (χ3v) is 8.08. The number of amides is 4. The summed E-state index contributed by atoms with van der Waals surface area (Å²) in [4.78, 5) is 58.5. The zero-order valence-corrected chi connectivity index (χ0v) is 25.4. The van der Waals surface area contributed by atoms with Crippen LogP contribution in [0.15, 0.2) is 53.5 Å². The molecule has 2 aromatic carbocycles. The van der Waals surface area contributed by atoms with Crippen molar-refractivity contribution in [3.63, 3.8) is 0 Å². The predicted molar refractivity (Wildman–Crippen MR) is 172 cm³/mol. The molecule has 0 aromatic heterocycles. The Bertz CT molecular complexity index is 1350. The molecule has 44 heavy (non-hydrogen) atoms. The quantitative estimate of drug-likeness (QED) is 0.133. The Morgan fingerprint density at radius 1 is 1.00 bits per heavy atom. The summed E-state index contributed by atoms with van der Waals surface area (Å²) in [6, 6.07) is 14.0. The Labute approximate surface area is 258 Å². The minimum absolute atomic E-state index is 0.00587. The lowest BCUT2D eigenvalue weighted by Gasteiger charge is -2.33. The number of benzene rings is 2. The van der Waals surface area contributed by atoms with Crippen molar-refractivity contribution >= 4 is 46.7 Å². The Morgan fingerprint density at radius 2 is 1.70 bits per heavy atom. The molecule has 1 atom stereocenters. The van der Waals surface area contributed by atoms with Gasteiger partial charge in [-0.3, -0.25) is 34.0 Å². The van der Waals surface area contributed by atoms with Crippen LogP contribution in [0.3, 0.4) is 0 Å². The first-order chi connectivity index (χ1) is 21.2. The van der Waals surface area contributed by atoms with Crippen molar-refractivity contribution in [3.05, 3.63) is 54.1 Å². The molecule has 2 aromatic rings. The molecule has 0 spiro atoms. The van der Waals surface area contributed by atoms with Crippen molar-refractivity contribution < 1.29 is 19.2 Å². The third kappa shape index (κ3) is 9.03. The first-order valence-corrected chi connectivity index (χ1v) is 15.4. The monoisotopic (exact) mass is 604 g/mol. The first-order valence-electron chi connectivity index (χ1n) is 15.4. The highest BCUT2D eigenvalue weighted by molar-refractivity contribution is 6.17. The van der Waals surface area contributed by atoms with Crippen LogP contribution in [0.5, 0.6) is 0 Å². The molecule has 12 nitrogen and oxygen atoms in total. The fourth-order valence-electron chi connectivity index (χ4n) is 5.83. The van der Waals surface area contributed by atoms with Gasteiger partial charge in [-0.15, -0.1) is 0 Å². The minimum Gasteiger partial charge on any atom is -0.370 e. The standard InChI is InChI=1S/C32H44N8O4/c1-22(41)37-26(12-8-18-36-32(33)34)31(44)35-17-7-6-9-23-15-19-39(20-16-23)21-29(42)40-27-13-4-2-10-24(27)30(43)38-25-11-3-5-14-28(25)40/h2-5,10-11,13-14,23,26H,6-9,12,15-21H2,1H3,(H,35,44)(H,37,41)(H,38,43)(H4,33,34,36)/t26-/m0/s1. The van der Waals surface area contributed by atoms with E-state index >= 15 is 0 Å². The Balaban J connectivity index is 1.20. The molecule has 1 fully saturated rings. The lowest BCUT2D eigenvalue weighted by molar-refractivity contribution is -0.128. The highest BCUT2D eigenvalue weighted by Gasteiger charge is 2.30. The van der Waals surface area contributed by atoms with Crippen LogP contribution in [0.4, 0.5) is 17.1 Å². The molecule has 0 radical (unpaired) electrons. The molecule has 4 amide bonds. The van der Waals surface area contributed by atoms with Crippen LogP contribution in [0.2, 0.25) is 0 Å². The fourth-order valence-corrected chi connectivity index (χ4v) is 5.83. The topological polar surface area (TPSA) is 175 Å². The predicted octanol–water partition coefficient (Wildman–Crippen LogP) is 2.47. The molecule has 0 aliphatic carbocycles. The van der Waals surface area contributed by atoms with Gasteiger partial charge >= 0.3 is 0 Å². The summed E-state index contributed by atoms with van der Waals surface area (Å²) < 4.78 is 0. The number of unbranched alkanes of at least 4 members (excludes halogenated alkanes) is 1. The van der Waals surface area contributed by atoms with Gasteiger partial charge in [0.2, 0.25) is 17.7 Å². The molecule has 0 saturated carbocycles. The van der Waals surface area contributed by atoms with E-state index < -0.39 is 6.04 Å². The highest BCUT2D eigenvalue weighted by atomic mass is 16.2. The van der Waals surface area contributed by atoms with Crippen molar-refractivity contribution in [1.82, 2.24) is 15.5 Å². The van der Waals surface area contributed by atoms with Crippen LogP contribution in [0, 0.1) is 5.92 Å². The molecule has 4 rings (SSSR count). The summed E-state index contributed by atoms with van der Waals surface area (Å²) >= 11 is 0. The fraction of sp³-hybridized carbons (Fsp3) is 0.469. The maximum absolute atomic E-state index is 13.7. The van der Waals surface area contributed by atoms with E-state index in [0.717, 1.165) is 45.2 Å². The summed E-state index contributed by atoms with van der Waals surface area (Å²) in [5.41, 5.74) is 13.0. The Kier molecular flexibility index (Phi) is 11.7. The maximum Gasteiger partial charge on any atom is 0.257 e. The molecule has 236 valence electrons. The lowest BCUT2D eigenvalue weighted by atomic mass is 9.91. The van der Waals surface area contributed by atoms with E-state index in [1.54, 1.807) is 17.0 Å². The van der Waals surface area contributed by atoms with E-state index in [2.05, 4.69) is 25.8 Å². The van der Waals surface area contributed by atoms with Gasteiger partial charge in [0.1, 0.15) is 6.04 Å². The Morgan fingerprint density at radius 3 is 2.43 bits per heavy atom. The zero-order valence-electron chi connectivity index (χ0n) is 25.4. The van der Waals surface area contributed by atoms with E-state index in [4.69, 9.17) is 11.5 Å². The molecule has 2 aliphatic heterocycles. The number of nitrogens with one attached hydrogen (secondary N) is 3. The Hall–Kier alpha value is -4.45. The van der Waals surface area contributed by atoms with E-state index in [1.165, 1.54) is 6.92 Å². The number of hydrogen-bond donors (Lipinski definition) is 5. The molecule has 2 aliphatic rings. The van der Waals surface area contributed by atoms with Crippen LogP contribution >= 0.6 is 0 Å². The molecule has 0 bridgehead atoms. The van der Waals surface area contributed by atoms with Crippen LogP contribution in [0.25, 0.3) is 0 Å². The van der Waals surface area contributed by atoms with Gasteiger partial charge in [-0.25, -0.2) is 0 Å². The minimum atomic E-state index is -0.609. The van der Waals surface area contributed by atoms with Gasteiger partial charge in [-0.05, 0) is 75.4 Å². The van der Waals surface area contributed by atoms with E-state index in [-0.39, 0.29) is 36.1 Å². The summed E-state index contributed by atoms with van der Waals surface area (Å²) in [5, 5.41) is 8.58. The van der Waals surface area contributed by atoms with Crippen molar-refractivity contribution in [3.8, 4) is 0 Å². The second-order valence-electron chi connectivity index (χ2n) is 11.4. The second-order valence-corrected chi connectivity index (χ2v) is 11.4. The van der Waals surface area contributed by atoms with Crippen LogP contribution in [0.1, 0.15) is 62.2 Å². The number of carbonyl (C=O) groups excluding carboxylic acids is 4. The summed E-state index contributed by atoms with van der Waals surface area (Å²) in [7, 11) is 0. The number of nitrogens with zero attached hydrogens (tertiary/aromatic N) is 3. The molecule has 7 N–H and O–H groups in total. The van der Waals surface area contributed by atoms with Gasteiger partial charge in [0.05, 0.1) is 29.2 Å². The third-order valence-electron chi connectivity index (χ3n) is 8.08. The SMILES string of the molecule is CC(=O)N[C@@H](CCCN=C(N)N)C(=O)NCCCCC1CCN(CC(=O)N2c3ccccc3NC(=O)c3ccccc32)CC1. The van der Waals surface area contributed by atoms with Crippen molar-refractivity contribution in [2.75, 3.05) is 42.9 Å². The molecular formula is C32H44N8O4. The highest BCUT2D eigenvalue weighted by Crippen LogP contribution is 2.38. The first kappa shape index (κ1) is 32.5. The largest absolute Gasteiger partial charge is 0.370 e. The number of piperidine rings is 1. The maximum atomic E-state index is 13.7. The van der Waals surface area contributed by atoms with Crippen LogP contribution < -0.4 is 32.3 Å². The molecule has 12 heteroatoms. The second kappa shape index (κ2) is 15.9. The normalized spacial score (nSPS) is 15.7. The number of fused-ring (bicyclic) bond motifs is 2. The van der Waals surface area contributed by atoms with E-state index in [9.17, 15) is 19.2 Å². The number of anilines is 3.